The molecular formula is C6H12NO2S. The van der Waals surface area contributed by atoms with E-state index in [0.717, 1.165) is 19.3 Å². The summed E-state index contributed by atoms with van der Waals surface area (Å²) in [6.45, 7) is 1.38. The van der Waals surface area contributed by atoms with Crippen LogP contribution in [0.25, 0.3) is 0 Å². The van der Waals surface area contributed by atoms with Gasteiger partial charge >= 0.3 is 0 Å². The Balaban J connectivity index is 2.43. The van der Waals surface area contributed by atoms with E-state index in [-0.39, 0.29) is 0 Å². The van der Waals surface area contributed by atoms with Crippen LogP contribution in [-0.4, -0.2) is 25.8 Å². The van der Waals surface area contributed by atoms with Crippen molar-refractivity contribution in [2.45, 2.75) is 19.3 Å². The number of thiol groups is 1. The van der Waals surface area contributed by atoms with Gasteiger partial charge in [-0.1, -0.05) is 0 Å². The van der Waals surface area contributed by atoms with Crippen LogP contribution in [0.4, 0.5) is 0 Å². The minimum absolute atomic E-state index is 0.679. The highest BCUT2D eigenvalue weighted by Crippen LogP contribution is 2.07. The average molecular weight is 162 g/mol. The van der Waals surface area contributed by atoms with Gasteiger partial charge in [0, 0.05) is 13.1 Å². The third kappa shape index (κ3) is 2.27. The Morgan fingerprint density at radius 1 is 1.20 bits per heavy atom. The van der Waals surface area contributed by atoms with Crippen molar-refractivity contribution in [2.24, 2.45) is 0 Å². The molecule has 3 nitrogen and oxygen atoms in total. The van der Waals surface area contributed by atoms with Gasteiger partial charge in [-0.05, 0) is 25.7 Å². The lowest BCUT2D eigenvalue weighted by Gasteiger charge is -2.09. The molecule has 0 saturated carbocycles. The summed E-state index contributed by atoms with van der Waals surface area (Å²) in [5.74, 6) is 0. The zero-order valence-electron chi connectivity index (χ0n) is 5.82. The topological polar surface area (TPSA) is 37.4 Å². The maximum Gasteiger partial charge on any atom is 0.203 e. The highest BCUT2D eigenvalue weighted by Gasteiger charge is 2.09. The van der Waals surface area contributed by atoms with Crippen LogP contribution < -0.4 is 0 Å². The molecular weight excluding hydrogens is 150 g/mol. The van der Waals surface area contributed by atoms with E-state index in [1.807, 2.05) is 0 Å². The van der Waals surface area contributed by atoms with Gasteiger partial charge < -0.3 is 0 Å². The quantitative estimate of drug-likeness (QED) is 0.559. The van der Waals surface area contributed by atoms with E-state index in [0.29, 0.717) is 13.1 Å². The summed E-state index contributed by atoms with van der Waals surface area (Å²) in [6, 6.07) is 0. The molecule has 0 aromatic rings. The van der Waals surface area contributed by atoms with E-state index in [4.69, 9.17) is 0 Å². The van der Waals surface area contributed by atoms with Crippen molar-refractivity contribution in [1.29, 1.82) is 0 Å². The third-order valence-corrected chi connectivity index (χ3v) is 2.51. The van der Waals surface area contributed by atoms with E-state index in [2.05, 4.69) is 6.42 Å². The van der Waals surface area contributed by atoms with E-state index >= 15 is 0 Å². The van der Waals surface area contributed by atoms with E-state index in [1.165, 1.54) is 4.31 Å². The van der Waals surface area contributed by atoms with Crippen LogP contribution in [0.5, 0.6) is 0 Å². The first-order chi connectivity index (χ1) is 4.80. The van der Waals surface area contributed by atoms with E-state index in [9.17, 15) is 8.42 Å². The molecule has 4 heteroatoms. The Kier molecular flexibility index (Phi) is 3.15. The van der Waals surface area contributed by atoms with Crippen molar-refractivity contribution >= 4 is 10.9 Å². The molecule has 0 aromatic heterocycles. The number of hydrogen-bond donors (Lipinski definition) is 1. The fraction of sp³-hybridized carbons (Fsp3) is 0.833. The Hall–Kier alpha value is -0.0900. The van der Waals surface area contributed by atoms with Crippen LogP contribution in [0.2, 0.25) is 0 Å². The van der Waals surface area contributed by atoms with Crippen molar-refractivity contribution < 1.29 is 8.42 Å². The van der Waals surface area contributed by atoms with Gasteiger partial charge in [0.05, 0.1) is 0 Å². The molecule has 0 aliphatic carbocycles. The highest BCUT2D eigenvalue weighted by molar-refractivity contribution is 7.69. The molecule has 0 N–H and O–H groups in total. The molecule has 10 heavy (non-hydrogen) atoms. The molecule has 0 spiro atoms. The molecule has 0 amide bonds. The molecule has 0 atom stereocenters. The lowest BCUT2D eigenvalue weighted by molar-refractivity contribution is 0.441. The summed E-state index contributed by atoms with van der Waals surface area (Å²) in [4.78, 5) is 0. The van der Waals surface area contributed by atoms with Crippen LogP contribution in [-0.2, 0) is 10.9 Å². The molecule has 1 aliphatic heterocycles. The fourth-order valence-electron chi connectivity index (χ4n) is 1.08. The monoisotopic (exact) mass is 162 g/mol. The summed E-state index contributed by atoms with van der Waals surface area (Å²) >= 11 is 0. The van der Waals surface area contributed by atoms with Gasteiger partial charge in [-0.15, -0.1) is 0 Å². The van der Waals surface area contributed by atoms with Crippen molar-refractivity contribution in [3.63, 3.8) is 0 Å². The lowest BCUT2D eigenvalue weighted by Crippen LogP contribution is -2.22. The summed E-state index contributed by atoms with van der Waals surface area (Å²) in [5, 5.41) is 0. The Morgan fingerprint density at radius 3 is 2.70 bits per heavy atom. The van der Waals surface area contributed by atoms with Gasteiger partial charge in [-0.3, -0.25) is 0 Å². The first kappa shape index (κ1) is 8.01. The van der Waals surface area contributed by atoms with Gasteiger partial charge in [0.2, 0.25) is 10.9 Å². The van der Waals surface area contributed by atoms with Crippen LogP contribution in [0, 0.1) is 6.42 Å². The van der Waals surface area contributed by atoms with Crippen molar-refractivity contribution in [1.82, 2.24) is 4.31 Å². The first-order valence-corrected chi connectivity index (χ1v) is 4.64. The minimum atomic E-state index is -2.32. The Morgan fingerprint density at radius 2 is 2.00 bits per heavy atom. The second kappa shape index (κ2) is 3.93. The molecule has 0 bridgehead atoms. The van der Waals surface area contributed by atoms with E-state index in [1.54, 1.807) is 0 Å². The summed E-state index contributed by atoms with van der Waals surface area (Å²) < 4.78 is 22.4. The number of hydrogen-bond acceptors (Lipinski definition) is 2. The molecule has 59 valence electrons. The summed E-state index contributed by atoms with van der Waals surface area (Å²) in [6.07, 6.45) is 5.09. The first-order valence-electron chi connectivity index (χ1n) is 3.51. The smallest absolute Gasteiger partial charge is 0.203 e. The molecule has 1 fully saturated rings. The normalized spacial score (nSPS) is 22.9. The van der Waals surface area contributed by atoms with Gasteiger partial charge in [-0.25, -0.2) is 12.7 Å². The van der Waals surface area contributed by atoms with Crippen molar-refractivity contribution in [3.05, 3.63) is 6.42 Å². The third-order valence-electron chi connectivity index (χ3n) is 1.65. The van der Waals surface area contributed by atoms with Crippen molar-refractivity contribution in [3.8, 4) is 0 Å². The van der Waals surface area contributed by atoms with Gasteiger partial charge in [0.15, 0.2) is 0 Å². The number of rotatable bonds is 1. The molecule has 1 aliphatic rings. The summed E-state index contributed by atoms with van der Waals surface area (Å²) in [7, 11) is -2.32. The Labute approximate surface area is 63.1 Å². The summed E-state index contributed by atoms with van der Waals surface area (Å²) in [5.41, 5.74) is 0. The van der Waals surface area contributed by atoms with Crippen LogP contribution in [0.1, 0.15) is 19.3 Å². The molecule has 1 rings (SSSR count). The predicted octanol–water partition coefficient (Wildman–Crippen LogP) is 0.203. The van der Waals surface area contributed by atoms with Gasteiger partial charge in [-0.2, -0.15) is 0 Å². The van der Waals surface area contributed by atoms with Gasteiger partial charge in [0.1, 0.15) is 0 Å². The minimum Gasteiger partial charge on any atom is -0.215 e. The molecule has 0 unspecified atom stereocenters. The predicted molar refractivity (Wildman–Crippen MR) is 40.0 cm³/mol. The lowest BCUT2D eigenvalue weighted by atomic mass is 10.2. The fourth-order valence-corrected chi connectivity index (χ4v) is 1.66. The maximum atomic E-state index is 10.5. The van der Waals surface area contributed by atoms with Crippen LogP contribution in [0.15, 0.2) is 0 Å². The molecule has 1 heterocycles. The zero-order valence-corrected chi connectivity index (χ0v) is 6.72. The van der Waals surface area contributed by atoms with Gasteiger partial charge in [0.25, 0.3) is 0 Å². The maximum absolute atomic E-state index is 10.5. The van der Waals surface area contributed by atoms with Crippen molar-refractivity contribution in [2.75, 3.05) is 13.1 Å². The molecule has 1 saturated heterocycles. The number of nitrogens with zero attached hydrogens (tertiary/aromatic N) is 1. The second-order valence-electron chi connectivity index (χ2n) is 2.41. The zero-order chi connectivity index (χ0) is 7.40. The Bertz CT molecular complexity index is 151. The highest BCUT2D eigenvalue weighted by atomic mass is 32.2. The SMILES string of the molecule is O=[SH](=O)N1CC[CH]CCC1. The largest absolute Gasteiger partial charge is 0.215 e. The standard InChI is InChI=1S/C6H12NO2S/c8-10(9)7-5-3-1-2-4-6-7/h1,10H,2-6H2. The average Bonchev–Trinajstić information content (AvgIpc) is 2.12. The molecule has 1 radical (unpaired) electrons. The van der Waals surface area contributed by atoms with Crippen LogP contribution >= 0.6 is 0 Å². The molecule has 0 aromatic carbocycles. The van der Waals surface area contributed by atoms with E-state index < -0.39 is 10.9 Å². The van der Waals surface area contributed by atoms with Crippen LogP contribution in [0.3, 0.4) is 0 Å². The second-order valence-corrected chi connectivity index (χ2v) is 3.45.